The van der Waals surface area contributed by atoms with Crippen molar-refractivity contribution in [3.05, 3.63) is 23.2 Å². The second kappa shape index (κ2) is 2.91. The molecule has 0 unspecified atom stereocenters. The van der Waals surface area contributed by atoms with Gasteiger partial charge in [0.15, 0.2) is 0 Å². The van der Waals surface area contributed by atoms with E-state index < -0.39 is 15.1 Å². The molecule has 0 radical (unpaired) electrons. The highest BCUT2D eigenvalue weighted by molar-refractivity contribution is 7.86. The van der Waals surface area contributed by atoms with E-state index in [4.69, 9.17) is 17.3 Å². The number of halogens is 2. The number of benzene rings is 1. The first-order valence-electron chi connectivity index (χ1n) is 2.91. The van der Waals surface area contributed by atoms with Crippen molar-refractivity contribution in [2.45, 2.75) is 4.90 Å². The maximum atomic E-state index is 12.4. The Balaban J connectivity index is 3.43. The zero-order valence-corrected chi connectivity index (χ0v) is 7.36. The van der Waals surface area contributed by atoms with Crippen LogP contribution in [-0.4, -0.2) is 8.42 Å². The van der Waals surface area contributed by atoms with Crippen LogP contribution < -0.4 is 5.73 Å². The molecular weight excluding hydrogens is 205 g/mol. The van der Waals surface area contributed by atoms with Crippen molar-refractivity contribution < 1.29 is 12.3 Å². The largest absolute Gasteiger partial charge is 0.399 e. The quantitative estimate of drug-likeness (QED) is 0.564. The SMILES string of the molecule is Nc1ccc(Cl)c(S(=O)(=O)F)c1. The number of anilines is 1. The summed E-state index contributed by atoms with van der Waals surface area (Å²) < 4.78 is 33.2. The van der Waals surface area contributed by atoms with E-state index >= 15 is 0 Å². The van der Waals surface area contributed by atoms with Gasteiger partial charge in [-0.3, -0.25) is 0 Å². The summed E-state index contributed by atoms with van der Waals surface area (Å²) in [7, 11) is -4.77. The average molecular weight is 210 g/mol. The molecule has 0 aliphatic heterocycles. The molecule has 0 heterocycles. The minimum Gasteiger partial charge on any atom is -0.399 e. The summed E-state index contributed by atoms with van der Waals surface area (Å²) in [5.74, 6) is 0. The Kier molecular flexibility index (Phi) is 2.25. The van der Waals surface area contributed by atoms with Gasteiger partial charge in [-0.2, -0.15) is 8.42 Å². The highest BCUT2D eigenvalue weighted by Gasteiger charge is 2.16. The van der Waals surface area contributed by atoms with Crippen LogP contribution in [-0.2, 0) is 10.2 Å². The molecule has 0 saturated heterocycles. The third kappa shape index (κ3) is 1.86. The van der Waals surface area contributed by atoms with Crippen LogP contribution in [0.1, 0.15) is 0 Å². The molecule has 0 atom stereocenters. The first-order chi connectivity index (χ1) is 5.41. The van der Waals surface area contributed by atoms with E-state index in [9.17, 15) is 12.3 Å². The first-order valence-corrected chi connectivity index (χ1v) is 4.67. The lowest BCUT2D eigenvalue weighted by Gasteiger charge is -1.99. The Morgan fingerprint density at radius 1 is 1.42 bits per heavy atom. The molecule has 0 aliphatic carbocycles. The average Bonchev–Trinajstić information content (AvgIpc) is 1.92. The van der Waals surface area contributed by atoms with Gasteiger partial charge < -0.3 is 5.73 Å². The van der Waals surface area contributed by atoms with Gasteiger partial charge in [0.05, 0.1) is 5.02 Å². The zero-order valence-electron chi connectivity index (χ0n) is 5.79. The standard InChI is InChI=1S/C6H5ClFNO2S/c7-5-2-1-4(9)3-6(5)12(8,10)11/h1-3H,9H2. The molecule has 1 aromatic rings. The molecule has 0 fully saturated rings. The monoisotopic (exact) mass is 209 g/mol. The molecule has 0 aromatic heterocycles. The van der Waals surface area contributed by atoms with Crippen LogP contribution in [0.2, 0.25) is 5.02 Å². The zero-order chi connectivity index (χ0) is 9.35. The van der Waals surface area contributed by atoms with Crippen LogP contribution in [0.15, 0.2) is 23.1 Å². The van der Waals surface area contributed by atoms with Gasteiger partial charge in [-0.05, 0) is 18.2 Å². The van der Waals surface area contributed by atoms with Crippen molar-refractivity contribution in [3.63, 3.8) is 0 Å². The second-order valence-corrected chi connectivity index (χ2v) is 3.85. The Morgan fingerprint density at radius 2 is 2.00 bits per heavy atom. The minimum absolute atomic E-state index is 0.149. The molecular formula is C6H5ClFNO2S. The lowest BCUT2D eigenvalue weighted by molar-refractivity contribution is 0.552. The van der Waals surface area contributed by atoms with Gasteiger partial charge in [0, 0.05) is 5.69 Å². The van der Waals surface area contributed by atoms with E-state index in [2.05, 4.69) is 0 Å². The normalized spacial score (nSPS) is 11.5. The minimum atomic E-state index is -4.77. The Morgan fingerprint density at radius 3 is 2.42 bits per heavy atom. The Bertz CT molecular complexity index is 404. The lowest BCUT2D eigenvalue weighted by atomic mass is 10.3. The first kappa shape index (κ1) is 9.28. The summed E-state index contributed by atoms with van der Waals surface area (Å²) in [6.45, 7) is 0. The maximum absolute atomic E-state index is 12.4. The fourth-order valence-corrected chi connectivity index (χ4v) is 1.68. The van der Waals surface area contributed by atoms with E-state index in [0.717, 1.165) is 6.07 Å². The molecule has 2 N–H and O–H groups in total. The maximum Gasteiger partial charge on any atom is 0.333 e. The number of nitrogens with two attached hydrogens (primary N) is 1. The van der Waals surface area contributed by atoms with Gasteiger partial charge in [0.2, 0.25) is 0 Å². The molecule has 66 valence electrons. The van der Waals surface area contributed by atoms with Crippen LogP contribution in [0.3, 0.4) is 0 Å². The summed E-state index contributed by atoms with van der Waals surface area (Å²) in [6, 6.07) is 3.58. The van der Waals surface area contributed by atoms with E-state index in [-0.39, 0.29) is 10.7 Å². The van der Waals surface area contributed by atoms with E-state index in [0.29, 0.717) is 0 Å². The molecule has 3 nitrogen and oxygen atoms in total. The van der Waals surface area contributed by atoms with Crippen molar-refractivity contribution in [3.8, 4) is 0 Å². The summed E-state index contributed by atoms with van der Waals surface area (Å²) in [5.41, 5.74) is 5.38. The third-order valence-corrected chi connectivity index (χ3v) is 2.52. The second-order valence-electron chi connectivity index (χ2n) is 2.13. The van der Waals surface area contributed by atoms with Gasteiger partial charge in [-0.25, -0.2) is 0 Å². The molecule has 0 amide bonds. The van der Waals surface area contributed by atoms with Gasteiger partial charge in [0.25, 0.3) is 0 Å². The van der Waals surface area contributed by atoms with E-state index in [1.54, 1.807) is 0 Å². The van der Waals surface area contributed by atoms with E-state index in [1.165, 1.54) is 12.1 Å². The predicted molar refractivity (Wildman–Crippen MR) is 44.2 cm³/mol. The molecule has 1 aromatic carbocycles. The van der Waals surface area contributed by atoms with Crippen molar-refractivity contribution in [1.29, 1.82) is 0 Å². The molecule has 0 aliphatic rings. The van der Waals surface area contributed by atoms with Crippen molar-refractivity contribution in [2.24, 2.45) is 0 Å². The summed E-state index contributed by atoms with van der Waals surface area (Å²) in [5, 5.41) is -0.174. The molecule has 1 rings (SSSR count). The van der Waals surface area contributed by atoms with Crippen molar-refractivity contribution in [1.82, 2.24) is 0 Å². The van der Waals surface area contributed by atoms with Crippen LogP contribution >= 0.6 is 11.6 Å². The van der Waals surface area contributed by atoms with Crippen LogP contribution in [0.25, 0.3) is 0 Å². The predicted octanol–water partition coefficient (Wildman–Crippen LogP) is 1.58. The van der Waals surface area contributed by atoms with Gasteiger partial charge in [-0.1, -0.05) is 11.6 Å². The fourth-order valence-electron chi connectivity index (χ4n) is 0.707. The topological polar surface area (TPSA) is 60.2 Å². The molecule has 12 heavy (non-hydrogen) atoms. The van der Waals surface area contributed by atoms with Gasteiger partial charge >= 0.3 is 10.2 Å². The van der Waals surface area contributed by atoms with E-state index in [1.807, 2.05) is 0 Å². The lowest BCUT2D eigenvalue weighted by Crippen LogP contribution is -1.95. The summed E-state index contributed by atoms with van der Waals surface area (Å²) in [6.07, 6.45) is 0. The Labute approximate surface area is 74.2 Å². The Hall–Kier alpha value is -0.810. The van der Waals surface area contributed by atoms with Gasteiger partial charge in [-0.15, -0.1) is 3.89 Å². The molecule has 6 heteroatoms. The fraction of sp³-hybridized carbons (Fsp3) is 0. The van der Waals surface area contributed by atoms with Crippen molar-refractivity contribution >= 4 is 27.5 Å². The van der Waals surface area contributed by atoms with Gasteiger partial charge in [0.1, 0.15) is 4.90 Å². The smallest absolute Gasteiger partial charge is 0.333 e. The number of hydrogen-bond acceptors (Lipinski definition) is 3. The number of hydrogen-bond donors (Lipinski definition) is 1. The highest BCUT2D eigenvalue weighted by Crippen LogP contribution is 2.24. The van der Waals surface area contributed by atoms with Crippen LogP contribution in [0, 0.1) is 0 Å². The summed E-state index contributed by atoms with van der Waals surface area (Å²) in [4.78, 5) is -0.593. The van der Waals surface area contributed by atoms with Crippen molar-refractivity contribution in [2.75, 3.05) is 5.73 Å². The number of rotatable bonds is 1. The molecule has 0 saturated carbocycles. The molecule has 0 spiro atoms. The third-order valence-electron chi connectivity index (χ3n) is 1.22. The summed E-state index contributed by atoms with van der Waals surface area (Å²) >= 11 is 5.41. The highest BCUT2D eigenvalue weighted by atomic mass is 35.5. The number of nitrogen functional groups attached to an aromatic ring is 1. The molecule has 0 bridgehead atoms. The van der Waals surface area contributed by atoms with Crippen LogP contribution in [0.4, 0.5) is 9.57 Å². The van der Waals surface area contributed by atoms with Crippen LogP contribution in [0.5, 0.6) is 0 Å².